The van der Waals surface area contributed by atoms with Crippen LogP contribution in [0.1, 0.15) is 17.9 Å². The number of thioether (sulfide) groups is 1. The molecule has 0 N–H and O–H groups in total. The van der Waals surface area contributed by atoms with Crippen molar-refractivity contribution in [3.8, 4) is 0 Å². The van der Waals surface area contributed by atoms with Crippen LogP contribution >= 0.6 is 23.4 Å². The van der Waals surface area contributed by atoms with Gasteiger partial charge in [-0.25, -0.2) is 4.98 Å². The zero-order valence-electron chi connectivity index (χ0n) is 14.0. The number of fused-ring (bicyclic) bond motifs is 1. The summed E-state index contributed by atoms with van der Waals surface area (Å²) in [4.78, 5) is 17.5. The van der Waals surface area contributed by atoms with Crippen molar-refractivity contribution in [1.29, 1.82) is 0 Å². The summed E-state index contributed by atoms with van der Waals surface area (Å²) in [5, 5.41) is 5.73. The van der Waals surface area contributed by atoms with Crippen LogP contribution in [0.15, 0.2) is 38.7 Å². The van der Waals surface area contributed by atoms with E-state index in [9.17, 15) is 4.79 Å². The Morgan fingerprint density at radius 3 is 2.92 bits per heavy atom. The topological polar surface area (TPSA) is 70.2 Å². The molecule has 6 nitrogen and oxygen atoms in total. The lowest BCUT2D eigenvalue weighted by Crippen LogP contribution is -2.24. The quantitative estimate of drug-likeness (QED) is 0.354. The second kappa shape index (κ2) is 8.03. The molecule has 0 spiro atoms. The molecular weight excluding hydrogens is 362 g/mol. The highest BCUT2D eigenvalue weighted by Gasteiger charge is 2.13. The first-order valence-corrected chi connectivity index (χ1v) is 9.19. The number of ether oxygens (including phenoxy) is 1. The number of hydrogen-bond acceptors (Lipinski definition) is 6. The Hall–Kier alpha value is -1.83. The first kappa shape index (κ1) is 18.0. The van der Waals surface area contributed by atoms with E-state index in [1.54, 1.807) is 29.9 Å². The second-order valence-corrected chi connectivity index (χ2v) is 6.96. The largest absolute Gasteiger partial charge is 0.385 e. The second-order valence-electron chi connectivity index (χ2n) is 5.58. The Bertz CT molecular complexity index is 939. The Morgan fingerprint density at radius 2 is 2.20 bits per heavy atom. The highest BCUT2D eigenvalue weighted by molar-refractivity contribution is 7.98. The predicted octanol–water partition coefficient (Wildman–Crippen LogP) is 3.68. The zero-order valence-corrected chi connectivity index (χ0v) is 15.6. The molecule has 0 aliphatic carbocycles. The Morgan fingerprint density at radius 1 is 1.36 bits per heavy atom. The van der Waals surface area contributed by atoms with Crippen molar-refractivity contribution >= 4 is 34.3 Å². The molecule has 2 aromatic heterocycles. The van der Waals surface area contributed by atoms with Gasteiger partial charge in [-0.05, 0) is 31.5 Å². The maximum absolute atomic E-state index is 12.9. The standard InChI is InChI=1S/C17H18ClN3O3S/c1-11-8-13(20-24-11)10-25-17-19-15-9-12(18)4-5-14(15)16(22)21(17)6-3-7-23-2/h4-5,8-9H,3,6-7,10H2,1-2H3. The summed E-state index contributed by atoms with van der Waals surface area (Å²) < 4.78 is 11.9. The maximum atomic E-state index is 12.9. The fourth-order valence-corrected chi connectivity index (χ4v) is 3.54. The van der Waals surface area contributed by atoms with Gasteiger partial charge in [-0.3, -0.25) is 9.36 Å². The minimum absolute atomic E-state index is 0.0726. The molecule has 0 atom stereocenters. The smallest absolute Gasteiger partial charge is 0.262 e. The molecule has 0 unspecified atom stereocenters. The fraction of sp³-hybridized carbons (Fsp3) is 0.353. The third kappa shape index (κ3) is 4.23. The number of rotatable bonds is 7. The van der Waals surface area contributed by atoms with Crippen molar-refractivity contribution in [3.63, 3.8) is 0 Å². The highest BCUT2D eigenvalue weighted by Crippen LogP contribution is 2.23. The normalized spacial score (nSPS) is 11.3. The van der Waals surface area contributed by atoms with E-state index in [-0.39, 0.29) is 5.56 Å². The summed E-state index contributed by atoms with van der Waals surface area (Å²) in [6.07, 6.45) is 0.730. The molecule has 3 rings (SSSR count). The number of nitrogens with zero attached hydrogens (tertiary/aromatic N) is 3. The molecule has 3 aromatic rings. The number of benzene rings is 1. The van der Waals surface area contributed by atoms with E-state index in [2.05, 4.69) is 10.1 Å². The van der Waals surface area contributed by atoms with E-state index in [1.165, 1.54) is 11.8 Å². The molecule has 132 valence electrons. The number of aryl methyl sites for hydroxylation is 1. The van der Waals surface area contributed by atoms with E-state index in [1.807, 2.05) is 13.0 Å². The van der Waals surface area contributed by atoms with Gasteiger partial charge < -0.3 is 9.26 Å². The van der Waals surface area contributed by atoms with Crippen LogP contribution in [0.4, 0.5) is 0 Å². The lowest BCUT2D eigenvalue weighted by molar-refractivity contribution is 0.189. The number of halogens is 1. The summed E-state index contributed by atoms with van der Waals surface area (Å²) in [5.41, 5.74) is 1.34. The van der Waals surface area contributed by atoms with E-state index >= 15 is 0 Å². The fourth-order valence-electron chi connectivity index (χ4n) is 2.47. The molecular formula is C17H18ClN3O3S. The third-order valence-electron chi connectivity index (χ3n) is 3.64. The molecule has 2 heterocycles. The molecule has 25 heavy (non-hydrogen) atoms. The molecule has 0 aliphatic rings. The van der Waals surface area contributed by atoms with Gasteiger partial charge in [0.15, 0.2) is 5.16 Å². The monoisotopic (exact) mass is 379 g/mol. The van der Waals surface area contributed by atoms with Crippen LogP contribution in [0.25, 0.3) is 10.9 Å². The maximum Gasteiger partial charge on any atom is 0.262 e. The van der Waals surface area contributed by atoms with Crippen LogP contribution in [0.3, 0.4) is 0 Å². The Balaban J connectivity index is 1.97. The molecule has 0 radical (unpaired) electrons. The highest BCUT2D eigenvalue weighted by atomic mass is 35.5. The summed E-state index contributed by atoms with van der Waals surface area (Å²) in [6, 6.07) is 7.01. The van der Waals surface area contributed by atoms with E-state index in [0.717, 1.165) is 17.9 Å². The van der Waals surface area contributed by atoms with Gasteiger partial charge in [0, 0.05) is 37.1 Å². The van der Waals surface area contributed by atoms with Crippen molar-refractivity contribution in [1.82, 2.24) is 14.7 Å². The van der Waals surface area contributed by atoms with Crippen molar-refractivity contribution in [3.05, 3.63) is 51.1 Å². The average Bonchev–Trinajstić information content (AvgIpc) is 3.00. The summed E-state index contributed by atoms with van der Waals surface area (Å²) in [5.74, 6) is 1.33. The van der Waals surface area contributed by atoms with Crippen molar-refractivity contribution in [2.24, 2.45) is 0 Å². The first-order chi connectivity index (χ1) is 12.1. The zero-order chi connectivity index (χ0) is 17.8. The molecule has 0 saturated heterocycles. The third-order valence-corrected chi connectivity index (χ3v) is 4.88. The van der Waals surface area contributed by atoms with Crippen molar-refractivity contribution in [2.75, 3.05) is 13.7 Å². The predicted molar refractivity (Wildman–Crippen MR) is 98.3 cm³/mol. The van der Waals surface area contributed by atoms with Crippen LogP contribution in [-0.2, 0) is 17.0 Å². The van der Waals surface area contributed by atoms with Gasteiger partial charge in [0.05, 0.1) is 16.6 Å². The molecule has 0 aliphatic heterocycles. The lowest BCUT2D eigenvalue weighted by atomic mass is 10.2. The van der Waals surface area contributed by atoms with Gasteiger partial charge >= 0.3 is 0 Å². The summed E-state index contributed by atoms with van der Waals surface area (Å²) in [6.45, 7) is 2.97. The van der Waals surface area contributed by atoms with Crippen LogP contribution in [0.5, 0.6) is 0 Å². The molecule has 0 amide bonds. The number of methoxy groups -OCH3 is 1. The molecule has 0 fully saturated rings. The van der Waals surface area contributed by atoms with Gasteiger partial charge in [0.2, 0.25) is 0 Å². The van der Waals surface area contributed by atoms with Crippen molar-refractivity contribution < 1.29 is 9.26 Å². The van der Waals surface area contributed by atoms with Gasteiger partial charge in [0.25, 0.3) is 5.56 Å². The molecule has 0 saturated carbocycles. The van der Waals surface area contributed by atoms with Gasteiger partial charge in [0.1, 0.15) is 5.76 Å². The van der Waals surface area contributed by atoms with Crippen LogP contribution in [0.2, 0.25) is 5.02 Å². The van der Waals surface area contributed by atoms with E-state index in [4.69, 9.17) is 20.9 Å². The van der Waals surface area contributed by atoms with Gasteiger partial charge in [-0.2, -0.15) is 0 Å². The van der Waals surface area contributed by atoms with Crippen molar-refractivity contribution in [2.45, 2.75) is 30.8 Å². The van der Waals surface area contributed by atoms with Crippen LogP contribution in [0, 0.1) is 6.92 Å². The van der Waals surface area contributed by atoms with Gasteiger partial charge in [-0.15, -0.1) is 0 Å². The van der Waals surface area contributed by atoms with Crippen LogP contribution in [-0.4, -0.2) is 28.4 Å². The van der Waals surface area contributed by atoms with Gasteiger partial charge in [-0.1, -0.05) is 28.5 Å². The van der Waals surface area contributed by atoms with Crippen LogP contribution < -0.4 is 5.56 Å². The SMILES string of the molecule is COCCCn1c(SCc2cc(C)on2)nc2cc(Cl)ccc2c1=O. The Labute approximate surface area is 154 Å². The summed E-state index contributed by atoms with van der Waals surface area (Å²) >= 11 is 7.50. The molecule has 0 bridgehead atoms. The lowest BCUT2D eigenvalue weighted by Gasteiger charge is -2.12. The number of hydrogen-bond donors (Lipinski definition) is 0. The Kier molecular flexibility index (Phi) is 5.78. The van der Waals surface area contributed by atoms with E-state index in [0.29, 0.717) is 40.0 Å². The minimum Gasteiger partial charge on any atom is -0.385 e. The number of aromatic nitrogens is 3. The summed E-state index contributed by atoms with van der Waals surface area (Å²) in [7, 11) is 1.64. The minimum atomic E-state index is -0.0726. The van der Waals surface area contributed by atoms with E-state index < -0.39 is 0 Å². The molecule has 8 heteroatoms. The average molecular weight is 380 g/mol. The molecule has 1 aromatic carbocycles. The first-order valence-electron chi connectivity index (χ1n) is 7.82.